The molecule has 0 aromatic rings. The Kier molecular flexibility index (Phi) is 2.30. The largest absolute Gasteiger partial charge is 0.356 e. The molecular weight excluding hydrogens is 152 g/mol. The van der Waals surface area contributed by atoms with Gasteiger partial charge in [-0.05, 0) is 32.4 Å². The molecule has 0 bridgehead atoms. The lowest BCUT2D eigenvalue weighted by atomic mass is 10.1. The molecule has 2 rings (SSSR count). The van der Waals surface area contributed by atoms with Gasteiger partial charge < -0.3 is 5.32 Å². The Hall–Kier alpha value is -0.570. The lowest BCUT2D eigenvalue weighted by Gasteiger charge is -2.30. The van der Waals surface area contributed by atoms with Crippen LogP contribution in [0.1, 0.15) is 25.7 Å². The van der Waals surface area contributed by atoms with Gasteiger partial charge in [0.15, 0.2) is 0 Å². The highest BCUT2D eigenvalue weighted by Crippen LogP contribution is 2.18. The van der Waals surface area contributed by atoms with E-state index in [4.69, 9.17) is 0 Å². The molecule has 2 saturated heterocycles. The molecule has 0 aromatic heterocycles. The fourth-order valence-electron chi connectivity index (χ4n) is 2.18. The quantitative estimate of drug-likeness (QED) is 0.613. The van der Waals surface area contributed by atoms with Crippen LogP contribution in [0.15, 0.2) is 0 Å². The van der Waals surface area contributed by atoms with Gasteiger partial charge in [0.25, 0.3) is 0 Å². The number of carbonyl (C=O) groups excluding carboxylic acids is 1. The van der Waals surface area contributed by atoms with Crippen LogP contribution in [0.4, 0.5) is 0 Å². The summed E-state index contributed by atoms with van der Waals surface area (Å²) in [5.74, 6) is 0.234. The van der Waals surface area contributed by atoms with Crippen molar-refractivity contribution in [2.45, 2.75) is 31.7 Å². The standard InChI is InChI=1S/C9H16N2O/c12-9-7-8(3-4-10-9)11-5-1-2-6-11/h8H,1-7H2,(H,10,12). The number of likely N-dealkylation sites (tertiary alicyclic amines) is 1. The van der Waals surface area contributed by atoms with Crippen molar-refractivity contribution in [2.75, 3.05) is 19.6 Å². The minimum absolute atomic E-state index is 0.234. The Morgan fingerprint density at radius 2 is 2.08 bits per heavy atom. The average Bonchev–Trinajstić information content (AvgIpc) is 2.56. The third-order valence-corrected chi connectivity index (χ3v) is 2.88. The molecule has 2 fully saturated rings. The fraction of sp³-hybridized carbons (Fsp3) is 0.889. The van der Waals surface area contributed by atoms with Gasteiger partial charge >= 0.3 is 0 Å². The van der Waals surface area contributed by atoms with Crippen molar-refractivity contribution in [1.29, 1.82) is 0 Å². The van der Waals surface area contributed by atoms with E-state index in [9.17, 15) is 4.79 Å². The first-order valence-electron chi connectivity index (χ1n) is 4.87. The SMILES string of the molecule is O=C1CC(N2CCCC2)CCN1. The topological polar surface area (TPSA) is 32.3 Å². The van der Waals surface area contributed by atoms with Crippen molar-refractivity contribution in [3.05, 3.63) is 0 Å². The first-order valence-corrected chi connectivity index (χ1v) is 4.87. The number of nitrogens with one attached hydrogen (secondary N) is 1. The van der Waals surface area contributed by atoms with E-state index in [1.165, 1.54) is 25.9 Å². The van der Waals surface area contributed by atoms with Crippen LogP contribution in [-0.2, 0) is 4.79 Å². The maximum absolute atomic E-state index is 11.1. The van der Waals surface area contributed by atoms with Crippen LogP contribution in [0.25, 0.3) is 0 Å². The number of carbonyl (C=O) groups is 1. The molecule has 2 heterocycles. The number of hydrogen-bond donors (Lipinski definition) is 1. The summed E-state index contributed by atoms with van der Waals surface area (Å²) in [4.78, 5) is 13.6. The Morgan fingerprint density at radius 3 is 2.75 bits per heavy atom. The molecule has 3 heteroatoms. The number of rotatable bonds is 1. The maximum Gasteiger partial charge on any atom is 0.221 e. The zero-order valence-corrected chi connectivity index (χ0v) is 7.38. The Bertz CT molecular complexity index is 175. The molecule has 12 heavy (non-hydrogen) atoms. The average molecular weight is 168 g/mol. The summed E-state index contributed by atoms with van der Waals surface area (Å²) in [6.07, 6.45) is 4.50. The summed E-state index contributed by atoms with van der Waals surface area (Å²) in [5, 5.41) is 2.87. The Balaban J connectivity index is 1.89. The highest BCUT2D eigenvalue weighted by molar-refractivity contribution is 5.77. The maximum atomic E-state index is 11.1. The van der Waals surface area contributed by atoms with Gasteiger partial charge in [-0.25, -0.2) is 0 Å². The van der Waals surface area contributed by atoms with E-state index in [2.05, 4.69) is 10.2 Å². The van der Waals surface area contributed by atoms with Crippen LogP contribution in [-0.4, -0.2) is 36.5 Å². The number of nitrogens with zero attached hydrogens (tertiary/aromatic N) is 1. The molecule has 3 nitrogen and oxygen atoms in total. The molecule has 0 aromatic carbocycles. The first-order chi connectivity index (χ1) is 5.86. The monoisotopic (exact) mass is 168 g/mol. The van der Waals surface area contributed by atoms with E-state index in [0.29, 0.717) is 6.04 Å². The normalized spacial score (nSPS) is 32.0. The Labute approximate surface area is 73.1 Å². The molecule has 0 radical (unpaired) electrons. The highest BCUT2D eigenvalue weighted by atomic mass is 16.1. The smallest absolute Gasteiger partial charge is 0.221 e. The Morgan fingerprint density at radius 1 is 1.33 bits per heavy atom. The predicted octanol–water partition coefficient (Wildman–Crippen LogP) is 0.361. The molecule has 1 unspecified atom stereocenters. The summed E-state index contributed by atoms with van der Waals surface area (Å²) in [6, 6.07) is 0.543. The van der Waals surface area contributed by atoms with Gasteiger partial charge in [-0.1, -0.05) is 0 Å². The van der Waals surface area contributed by atoms with Gasteiger partial charge in [-0.15, -0.1) is 0 Å². The first kappa shape index (κ1) is 8.05. The highest BCUT2D eigenvalue weighted by Gasteiger charge is 2.26. The molecule has 1 N–H and O–H groups in total. The lowest BCUT2D eigenvalue weighted by Crippen LogP contribution is -2.44. The summed E-state index contributed by atoms with van der Waals surface area (Å²) < 4.78 is 0. The van der Waals surface area contributed by atoms with Crippen molar-refractivity contribution in [2.24, 2.45) is 0 Å². The van der Waals surface area contributed by atoms with Crippen molar-refractivity contribution in [3.63, 3.8) is 0 Å². The van der Waals surface area contributed by atoms with Crippen LogP contribution < -0.4 is 5.32 Å². The fourth-order valence-corrected chi connectivity index (χ4v) is 2.18. The number of amides is 1. The van der Waals surface area contributed by atoms with E-state index in [1.807, 2.05) is 0 Å². The zero-order valence-electron chi connectivity index (χ0n) is 7.38. The van der Waals surface area contributed by atoms with Crippen molar-refractivity contribution in [3.8, 4) is 0 Å². The molecule has 0 saturated carbocycles. The molecule has 1 atom stereocenters. The molecule has 68 valence electrons. The second-order valence-corrected chi connectivity index (χ2v) is 3.74. The van der Waals surface area contributed by atoms with Crippen molar-refractivity contribution >= 4 is 5.91 Å². The minimum atomic E-state index is 0.234. The van der Waals surface area contributed by atoms with Crippen LogP contribution in [0.5, 0.6) is 0 Å². The van der Waals surface area contributed by atoms with Gasteiger partial charge in [0, 0.05) is 19.0 Å². The second-order valence-electron chi connectivity index (χ2n) is 3.74. The van der Waals surface area contributed by atoms with Crippen molar-refractivity contribution < 1.29 is 4.79 Å². The molecule has 0 spiro atoms. The summed E-state index contributed by atoms with van der Waals surface area (Å²) in [6.45, 7) is 3.29. The van der Waals surface area contributed by atoms with Gasteiger partial charge in [-0.2, -0.15) is 0 Å². The molecule has 0 aliphatic carbocycles. The van der Waals surface area contributed by atoms with Crippen molar-refractivity contribution in [1.82, 2.24) is 10.2 Å². The second kappa shape index (κ2) is 3.44. The minimum Gasteiger partial charge on any atom is -0.356 e. The zero-order chi connectivity index (χ0) is 8.39. The number of hydrogen-bond acceptors (Lipinski definition) is 2. The molecular formula is C9H16N2O. The molecule has 2 aliphatic rings. The molecule has 2 aliphatic heterocycles. The summed E-state index contributed by atoms with van der Waals surface area (Å²) in [5.41, 5.74) is 0. The lowest BCUT2D eigenvalue weighted by molar-refractivity contribution is -0.123. The van der Waals surface area contributed by atoms with Crippen LogP contribution >= 0.6 is 0 Å². The third kappa shape index (κ3) is 1.61. The van der Waals surface area contributed by atoms with Gasteiger partial charge in [0.1, 0.15) is 0 Å². The van der Waals surface area contributed by atoms with Gasteiger partial charge in [0.05, 0.1) is 0 Å². The third-order valence-electron chi connectivity index (χ3n) is 2.88. The van der Waals surface area contributed by atoms with Crippen LogP contribution in [0.3, 0.4) is 0 Å². The molecule has 1 amide bonds. The summed E-state index contributed by atoms with van der Waals surface area (Å²) >= 11 is 0. The van der Waals surface area contributed by atoms with E-state index < -0.39 is 0 Å². The van der Waals surface area contributed by atoms with Gasteiger partial charge in [-0.3, -0.25) is 9.69 Å². The van der Waals surface area contributed by atoms with Crippen LogP contribution in [0.2, 0.25) is 0 Å². The summed E-state index contributed by atoms with van der Waals surface area (Å²) in [7, 11) is 0. The van der Waals surface area contributed by atoms with E-state index >= 15 is 0 Å². The predicted molar refractivity (Wildman–Crippen MR) is 46.8 cm³/mol. The van der Waals surface area contributed by atoms with E-state index in [-0.39, 0.29) is 5.91 Å². The van der Waals surface area contributed by atoms with E-state index in [0.717, 1.165) is 19.4 Å². The van der Waals surface area contributed by atoms with Crippen LogP contribution in [0, 0.1) is 0 Å². The van der Waals surface area contributed by atoms with E-state index in [1.54, 1.807) is 0 Å². The number of piperidine rings is 1. The van der Waals surface area contributed by atoms with Gasteiger partial charge in [0.2, 0.25) is 5.91 Å².